The maximum Gasteiger partial charge on any atom is 0.457 e. The molecule has 0 aromatic carbocycles. The number of nitrogens with zero attached hydrogens (tertiary/aromatic N) is 1. The third-order valence-electron chi connectivity index (χ3n) is 1.25. The summed E-state index contributed by atoms with van der Waals surface area (Å²) < 4.78 is 46.9. The summed E-state index contributed by atoms with van der Waals surface area (Å²) in [5.74, 6) is -1.20. The Hall–Kier alpha value is -0.890. The van der Waals surface area contributed by atoms with Crippen LogP contribution in [0.15, 0.2) is 0 Å². The number of halogens is 4. The second kappa shape index (κ2) is 5.76. The monoisotopic (exact) mass is 218 g/mol. The van der Waals surface area contributed by atoms with Gasteiger partial charge in [-0.1, -0.05) is 0 Å². The van der Waals surface area contributed by atoms with E-state index in [0.29, 0.717) is 0 Å². The Morgan fingerprint density at radius 2 is 1.93 bits per heavy atom. The van der Waals surface area contributed by atoms with Crippen molar-refractivity contribution in [2.75, 3.05) is 19.6 Å². The van der Waals surface area contributed by atoms with Crippen molar-refractivity contribution in [1.82, 2.24) is 10.4 Å². The van der Waals surface area contributed by atoms with Crippen LogP contribution in [0.25, 0.3) is 0 Å². The molecular formula is C6H10F4N2O2. The average Bonchev–Trinajstić information content (AvgIpc) is 1.98. The fourth-order valence-electron chi connectivity index (χ4n) is 0.648. The highest BCUT2D eigenvalue weighted by Crippen LogP contribution is 2.08. The van der Waals surface area contributed by atoms with E-state index in [1.807, 2.05) is 0 Å². The van der Waals surface area contributed by atoms with Gasteiger partial charge in [-0.05, 0) is 0 Å². The van der Waals surface area contributed by atoms with Gasteiger partial charge in [-0.3, -0.25) is 4.79 Å². The van der Waals surface area contributed by atoms with Crippen LogP contribution in [-0.2, 0) is 4.79 Å². The third-order valence-corrected chi connectivity index (χ3v) is 1.25. The van der Waals surface area contributed by atoms with Crippen LogP contribution in [0.2, 0.25) is 0 Å². The van der Waals surface area contributed by atoms with Crippen LogP contribution in [0.5, 0.6) is 0 Å². The molecule has 84 valence electrons. The number of hydrogen-bond acceptors (Lipinski definition) is 3. The molecule has 0 aromatic heterocycles. The summed E-state index contributed by atoms with van der Waals surface area (Å²) >= 11 is 0. The molecule has 8 heteroatoms. The lowest BCUT2D eigenvalue weighted by molar-refractivity contribution is -0.159. The van der Waals surface area contributed by atoms with Gasteiger partial charge in [0.05, 0.1) is 6.42 Å². The first-order valence-electron chi connectivity index (χ1n) is 3.75. The molecule has 2 N–H and O–H groups in total. The summed E-state index contributed by atoms with van der Waals surface area (Å²) in [7, 11) is 0. The van der Waals surface area contributed by atoms with Crippen LogP contribution in [0.1, 0.15) is 6.42 Å². The standard InChI is InChI=1S/C6H10F4N2O2/c7-6(8,9)11-2-4-12(10)3-1-5(13)14/h11H,1-4H2,(H,13,14). The summed E-state index contributed by atoms with van der Waals surface area (Å²) in [6, 6.07) is 0. The van der Waals surface area contributed by atoms with Crippen molar-refractivity contribution in [2.45, 2.75) is 12.7 Å². The fourth-order valence-corrected chi connectivity index (χ4v) is 0.648. The normalized spacial score (nSPS) is 12.1. The molecule has 0 spiro atoms. The highest BCUT2D eigenvalue weighted by atomic mass is 19.4. The Balaban J connectivity index is 3.45. The predicted molar refractivity (Wildman–Crippen MR) is 39.0 cm³/mol. The number of carboxylic acids is 1. The van der Waals surface area contributed by atoms with E-state index >= 15 is 0 Å². The maximum atomic E-state index is 12.5. The van der Waals surface area contributed by atoms with Gasteiger partial charge in [-0.25, -0.2) is 5.32 Å². The molecule has 14 heavy (non-hydrogen) atoms. The minimum Gasteiger partial charge on any atom is -0.481 e. The number of nitrogens with one attached hydrogen (secondary N) is 1. The van der Waals surface area contributed by atoms with Crippen LogP contribution in [0.4, 0.5) is 17.7 Å². The summed E-state index contributed by atoms with van der Waals surface area (Å²) in [6.07, 6.45) is -4.98. The van der Waals surface area contributed by atoms with E-state index in [1.54, 1.807) is 0 Å². The summed E-state index contributed by atoms with van der Waals surface area (Å²) in [6.45, 7) is -1.54. The van der Waals surface area contributed by atoms with Crippen molar-refractivity contribution in [3.63, 3.8) is 0 Å². The topological polar surface area (TPSA) is 52.6 Å². The van der Waals surface area contributed by atoms with E-state index in [1.165, 1.54) is 0 Å². The van der Waals surface area contributed by atoms with Crippen molar-refractivity contribution in [3.8, 4) is 0 Å². The maximum absolute atomic E-state index is 12.5. The first-order valence-corrected chi connectivity index (χ1v) is 3.75. The molecule has 0 aliphatic carbocycles. The van der Waals surface area contributed by atoms with E-state index in [2.05, 4.69) is 0 Å². The van der Waals surface area contributed by atoms with Crippen LogP contribution in [-0.4, -0.2) is 42.1 Å². The lowest BCUT2D eigenvalue weighted by Gasteiger charge is -2.12. The molecule has 0 heterocycles. The highest BCUT2D eigenvalue weighted by molar-refractivity contribution is 5.66. The van der Waals surface area contributed by atoms with Gasteiger partial charge < -0.3 is 5.11 Å². The predicted octanol–water partition coefficient (Wildman–Crippen LogP) is 0.757. The first-order chi connectivity index (χ1) is 6.31. The SMILES string of the molecule is O=C(O)CCN(F)CCNC(F)(F)F. The number of alkyl halides is 3. The van der Waals surface area contributed by atoms with Crippen molar-refractivity contribution < 1.29 is 27.6 Å². The summed E-state index contributed by atoms with van der Waals surface area (Å²) in [4.78, 5) is 9.95. The molecule has 0 saturated carbocycles. The van der Waals surface area contributed by atoms with Crippen LogP contribution >= 0.6 is 0 Å². The Morgan fingerprint density at radius 1 is 1.36 bits per heavy atom. The molecule has 4 nitrogen and oxygen atoms in total. The summed E-state index contributed by atoms with van der Waals surface area (Å²) in [5, 5.41) is 9.26. The molecule has 0 fully saturated rings. The van der Waals surface area contributed by atoms with Gasteiger partial charge >= 0.3 is 12.3 Å². The van der Waals surface area contributed by atoms with Gasteiger partial charge in [0.2, 0.25) is 0 Å². The highest BCUT2D eigenvalue weighted by Gasteiger charge is 2.26. The lowest BCUT2D eigenvalue weighted by Crippen LogP contribution is -2.37. The quantitative estimate of drug-likeness (QED) is 0.392. The lowest BCUT2D eigenvalue weighted by atomic mass is 10.4. The van der Waals surface area contributed by atoms with E-state index in [9.17, 15) is 22.4 Å². The molecular weight excluding hydrogens is 208 g/mol. The number of carboxylic acid groups (broad SMARTS) is 1. The third kappa shape index (κ3) is 9.20. The number of aliphatic carboxylic acids is 1. The smallest absolute Gasteiger partial charge is 0.457 e. The summed E-state index contributed by atoms with van der Waals surface area (Å²) in [5.41, 5.74) is 0. The van der Waals surface area contributed by atoms with Gasteiger partial charge in [0.25, 0.3) is 0 Å². The van der Waals surface area contributed by atoms with Crippen molar-refractivity contribution in [1.29, 1.82) is 0 Å². The Bertz CT molecular complexity index is 185. The van der Waals surface area contributed by atoms with Gasteiger partial charge in [0.15, 0.2) is 0 Å². The van der Waals surface area contributed by atoms with Crippen LogP contribution < -0.4 is 5.32 Å². The zero-order chi connectivity index (χ0) is 11.2. The number of carbonyl (C=O) groups is 1. The Labute approximate surface area is 77.4 Å². The average molecular weight is 218 g/mol. The Kier molecular flexibility index (Phi) is 5.39. The number of hydrogen-bond donors (Lipinski definition) is 2. The van der Waals surface area contributed by atoms with Crippen LogP contribution in [0, 0.1) is 0 Å². The molecule has 0 saturated heterocycles. The molecule has 0 radical (unpaired) electrons. The number of rotatable bonds is 6. The van der Waals surface area contributed by atoms with E-state index in [0.717, 1.165) is 5.32 Å². The zero-order valence-corrected chi connectivity index (χ0v) is 7.14. The molecule has 0 aliphatic heterocycles. The van der Waals surface area contributed by atoms with Gasteiger partial charge in [-0.15, -0.1) is 9.60 Å². The molecule has 0 atom stereocenters. The van der Waals surface area contributed by atoms with Gasteiger partial charge in [0, 0.05) is 19.6 Å². The van der Waals surface area contributed by atoms with E-state index in [-0.39, 0.29) is 5.12 Å². The van der Waals surface area contributed by atoms with E-state index in [4.69, 9.17) is 5.11 Å². The van der Waals surface area contributed by atoms with Crippen molar-refractivity contribution in [2.24, 2.45) is 0 Å². The largest absolute Gasteiger partial charge is 0.481 e. The minimum absolute atomic E-state index is 0.0207. The first kappa shape index (κ1) is 13.1. The van der Waals surface area contributed by atoms with Crippen molar-refractivity contribution >= 4 is 5.97 Å². The molecule has 0 unspecified atom stereocenters. The fraction of sp³-hybridized carbons (Fsp3) is 0.833. The molecule has 0 rings (SSSR count). The minimum atomic E-state index is -4.53. The molecule has 0 aromatic rings. The second-order valence-electron chi connectivity index (χ2n) is 2.48. The van der Waals surface area contributed by atoms with Gasteiger partial charge in [-0.2, -0.15) is 13.2 Å². The zero-order valence-electron chi connectivity index (χ0n) is 7.14. The second-order valence-corrected chi connectivity index (χ2v) is 2.48. The Morgan fingerprint density at radius 3 is 2.36 bits per heavy atom. The van der Waals surface area contributed by atoms with Crippen molar-refractivity contribution in [3.05, 3.63) is 0 Å². The molecule has 0 aliphatic rings. The molecule has 0 bridgehead atoms. The molecule has 0 amide bonds. The van der Waals surface area contributed by atoms with E-state index < -0.39 is 38.3 Å². The van der Waals surface area contributed by atoms with Crippen LogP contribution in [0.3, 0.4) is 0 Å². The van der Waals surface area contributed by atoms with Gasteiger partial charge in [0.1, 0.15) is 0 Å².